The summed E-state index contributed by atoms with van der Waals surface area (Å²) in [5.41, 5.74) is 2.05. The van der Waals surface area contributed by atoms with Gasteiger partial charge in [0.25, 0.3) is 0 Å². The van der Waals surface area contributed by atoms with Gasteiger partial charge in [0.05, 0.1) is 0 Å². The summed E-state index contributed by atoms with van der Waals surface area (Å²) in [6, 6.07) is 7.94. The number of aryl methyl sites for hydroxylation is 2. The smallest absolute Gasteiger partial charge is 0.227 e. The minimum atomic E-state index is 0.0648. The Labute approximate surface area is 183 Å². The number of carbonyl (C=O) groups is 2. The van der Waals surface area contributed by atoms with Gasteiger partial charge in [-0.25, -0.2) is 0 Å². The maximum Gasteiger partial charge on any atom is 0.227 e. The molecule has 0 bridgehead atoms. The highest BCUT2D eigenvalue weighted by atomic mass is 16.5. The molecule has 2 aliphatic heterocycles. The summed E-state index contributed by atoms with van der Waals surface area (Å²) in [6.45, 7) is 5.12. The summed E-state index contributed by atoms with van der Waals surface area (Å²) in [6.07, 6.45) is 6.99. The Balaban J connectivity index is 1.24. The van der Waals surface area contributed by atoms with Crippen LogP contribution in [0, 0.1) is 12.8 Å². The third-order valence-corrected chi connectivity index (χ3v) is 6.41. The number of carbonyl (C=O) groups excluding carboxylic acids is 2. The zero-order valence-electron chi connectivity index (χ0n) is 18.4. The molecule has 2 aromatic rings. The zero-order chi connectivity index (χ0) is 21.6. The molecule has 7 nitrogen and oxygen atoms in total. The van der Waals surface area contributed by atoms with Crippen molar-refractivity contribution in [1.29, 1.82) is 0 Å². The number of aromatic nitrogens is 2. The second kappa shape index (κ2) is 10.1. The van der Waals surface area contributed by atoms with E-state index in [1.807, 2.05) is 36.1 Å². The molecule has 166 valence electrons. The lowest BCUT2D eigenvalue weighted by Crippen LogP contribution is -2.44. The van der Waals surface area contributed by atoms with Crippen LogP contribution in [-0.4, -0.2) is 57.9 Å². The number of hydrogen-bond donors (Lipinski definition) is 0. The molecule has 0 saturated carbocycles. The number of piperidine rings is 1. The Kier molecular flexibility index (Phi) is 6.99. The fourth-order valence-electron chi connectivity index (χ4n) is 4.55. The first-order chi connectivity index (χ1) is 15.1. The number of benzene rings is 1. The fourth-order valence-corrected chi connectivity index (χ4v) is 4.55. The SMILES string of the molecule is Cc1cccc(-c2noc(CCC(=O)N3CCC(C(=O)N4CCCCCC4)CC3)n2)c1. The molecule has 7 heteroatoms. The van der Waals surface area contributed by atoms with Crippen LogP contribution in [0.15, 0.2) is 28.8 Å². The molecule has 0 aliphatic carbocycles. The molecule has 0 unspecified atom stereocenters. The largest absolute Gasteiger partial charge is 0.343 e. The second-order valence-electron chi connectivity index (χ2n) is 8.78. The lowest BCUT2D eigenvalue weighted by molar-refractivity contribution is -0.140. The molecular formula is C24H32N4O3. The van der Waals surface area contributed by atoms with E-state index in [4.69, 9.17) is 4.52 Å². The monoisotopic (exact) mass is 424 g/mol. The molecule has 4 rings (SSSR count). The van der Waals surface area contributed by atoms with E-state index in [-0.39, 0.29) is 11.8 Å². The summed E-state index contributed by atoms with van der Waals surface area (Å²) in [5.74, 6) is 1.49. The number of nitrogens with zero attached hydrogens (tertiary/aromatic N) is 4. The van der Waals surface area contributed by atoms with E-state index in [1.165, 1.54) is 12.8 Å². The predicted octanol–water partition coefficient (Wildman–Crippen LogP) is 3.62. The van der Waals surface area contributed by atoms with Crippen LogP contribution < -0.4 is 0 Å². The highest BCUT2D eigenvalue weighted by Crippen LogP contribution is 2.23. The fraction of sp³-hybridized carbons (Fsp3) is 0.583. The van der Waals surface area contributed by atoms with Gasteiger partial charge in [0.2, 0.25) is 23.5 Å². The average molecular weight is 425 g/mol. The van der Waals surface area contributed by atoms with Crippen molar-refractivity contribution in [3.63, 3.8) is 0 Å². The van der Waals surface area contributed by atoms with Gasteiger partial charge < -0.3 is 14.3 Å². The van der Waals surface area contributed by atoms with Gasteiger partial charge in [0, 0.05) is 50.5 Å². The van der Waals surface area contributed by atoms with Crippen LogP contribution in [0.3, 0.4) is 0 Å². The quantitative estimate of drug-likeness (QED) is 0.732. The van der Waals surface area contributed by atoms with Gasteiger partial charge in [0.1, 0.15) is 0 Å². The van der Waals surface area contributed by atoms with Crippen LogP contribution in [0.1, 0.15) is 56.4 Å². The Bertz CT molecular complexity index is 894. The predicted molar refractivity (Wildman–Crippen MR) is 117 cm³/mol. The van der Waals surface area contributed by atoms with E-state index in [0.717, 1.165) is 49.9 Å². The third-order valence-electron chi connectivity index (χ3n) is 6.41. The lowest BCUT2D eigenvalue weighted by Gasteiger charge is -2.34. The number of likely N-dealkylation sites (tertiary alicyclic amines) is 2. The van der Waals surface area contributed by atoms with Crippen LogP contribution >= 0.6 is 0 Å². The van der Waals surface area contributed by atoms with Gasteiger partial charge in [-0.05, 0) is 38.7 Å². The molecule has 3 heterocycles. The van der Waals surface area contributed by atoms with Crippen LogP contribution in [0.25, 0.3) is 11.4 Å². The first-order valence-corrected chi connectivity index (χ1v) is 11.6. The molecule has 2 aliphatic rings. The first-order valence-electron chi connectivity index (χ1n) is 11.6. The Morgan fingerprint density at radius 3 is 2.48 bits per heavy atom. The standard InChI is InChI=1S/C24H32N4O3/c1-18-7-6-8-20(17-18)23-25-21(31-26-23)9-10-22(29)27-15-11-19(12-16-27)24(30)28-13-4-2-3-5-14-28/h6-8,17,19H,2-5,9-16H2,1H3. The van der Waals surface area contributed by atoms with Crippen molar-refractivity contribution in [3.05, 3.63) is 35.7 Å². The van der Waals surface area contributed by atoms with Crippen LogP contribution in [0.2, 0.25) is 0 Å². The van der Waals surface area contributed by atoms with E-state index in [2.05, 4.69) is 15.0 Å². The average Bonchev–Trinajstić information content (AvgIpc) is 3.10. The van der Waals surface area contributed by atoms with Crippen LogP contribution in [0.5, 0.6) is 0 Å². The van der Waals surface area contributed by atoms with Gasteiger partial charge in [-0.15, -0.1) is 0 Å². The minimum absolute atomic E-state index is 0.0648. The molecule has 0 atom stereocenters. The normalized spacial score (nSPS) is 18.1. The maximum atomic E-state index is 12.8. The molecule has 0 spiro atoms. The summed E-state index contributed by atoms with van der Waals surface area (Å²) >= 11 is 0. The van der Waals surface area contributed by atoms with E-state index in [9.17, 15) is 9.59 Å². The summed E-state index contributed by atoms with van der Waals surface area (Å²) in [5, 5.41) is 4.05. The van der Waals surface area contributed by atoms with Gasteiger partial charge in [-0.1, -0.05) is 41.8 Å². The third kappa shape index (κ3) is 5.51. The molecule has 2 fully saturated rings. The molecule has 1 aromatic heterocycles. The minimum Gasteiger partial charge on any atom is -0.343 e. The van der Waals surface area contributed by atoms with Crippen molar-refractivity contribution in [3.8, 4) is 11.4 Å². The highest BCUT2D eigenvalue weighted by Gasteiger charge is 2.30. The molecule has 2 saturated heterocycles. The van der Waals surface area contributed by atoms with Crippen molar-refractivity contribution in [2.75, 3.05) is 26.2 Å². The van der Waals surface area contributed by atoms with Crippen molar-refractivity contribution in [2.45, 2.75) is 58.3 Å². The summed E-state index contributed by atoms with van der Waals surface area (Å²) < 4.78 is 5.34. The Hall–Kier alpha value is -2.70. The number of hydrogen-bond acceptors (Lipinski definition) is 5. The van der Waals surface area contributed by atoms with Gasteiger partial charge in [0.15, 0.2) is 0 Å². The van der Waals surface area contributed by atoms with E-state index in [1.54, 1.807) is 0 Å². The topological polar surface area (TPSA) is 79.5 Å². The van der Waals surface area contributed by atoms with E-state index in [0.29, 0.717) is 43.6 Å². The van der Waals surface area contributed by atoms with Crippen molar-refractivity contribution < 1.29 is 14.1 Å². The molecule has 0 N–H and O–H groups in total. The van der Waals surface area contributed by atoms with Crippen molar-refractivity contribution >= 4 is 11.8 Å². The van der Waals surface area contributed by atoms with Crippen molar-refractivity contribution in [2.24, 2.45) is 5.92 Å². The van der Waals surface area contributed by atoms with E-state index >= 15 is 0 Å². The summed E-state index contributed by atoms with van der Waals surface area (Å²) in [7, 11) is 0. The Morgan fingerprint density at radius 2 is 1.77 bits per heavy atom. The molecule has 0 radical (unpaired) electrons. The zero-order valence-corrected chi connectivity index (χ0v) is 18.4. The second-order valence-corrected chi connectivity index (χ2v) is 8.78. The number of amides is 2. The summed E-state index contributed by atoms with van der Waals surface area (Å²) in [4.78, 5) is 33.9. The van der Waals surface area contributed by atoms with Gasteiger partial charge in [-0.3, -0.25) is 9.59 Å². The molecule has 31 heavy (non-hydrogen) atoms. The van der Waals surface area contributed by atoms with Gasteiger partial charge >= 0.3 is 0 Å². The lowest BCUT2D eigenvalue weighted by atomic mass is 9.95. The maximum absolute atomic E-state index is 12.8. The van der Waals surface area contributed by atoms with Gasteiger partial charge in [-0.2, -0.15) is 4.98 Å². The highest BCUT2D eigenvalue weighted by molar-refractivity contribution is 5.80. The van der Waals surface area contributed by atoms with Crippen LogP contribution in [-0.2, 0) is 16.0 Å². The van der Waals surface area contributed by atoms with Crippen LogP contribution in [0.4, 0.5) is 0 Å². The van der Waals surface area contributed by atoms with E-state index < -0.39 is 0 Å². The molecular weight excluding hydrogens is 392 g/mol. The molecule has 1 aromatic carbocycles. The molecule has 2 amide bonds. The van der Waals surface area contributed by atoms with Crippen molar-refractivity contribution in [1.82, 2.24) is 19.9 Å². The number of rotatable bonds is 5. The Morgan fingerprint density at radius 1 is 1.03 bits per heavy atom. The first kappa shape index (κ1) is 21.5.